The van der Waals surface area contributed by atoms with Crippen molar-refractivity contribution in [1.82, 2.24) is 9.55 Å². The second kappa shape index (κ2) is 7.98. The van der Waals surface area contributed by atoms with Crippen LogP contribution in [-0.4, -0.2) is 16.7 Å². The Labute approximate surface area is 180 Å². The highest BCUT2D eigenvalue weighted by atomic mass is 16.5. The first-order valence-electron chi connectivity index (χ1n) is 11.2. The fourth-order valence-electron chi connectivity index (χ4n) is 5.23. The van der Waals surface area contributed by atoms with Gasteiger partial charge in [0.15, 0.2) is 0 Å². The van der Waals surface area contributed by atoms with Crippen molar-refractivity contribution in [3.05, 3.63) is 48.0 Å². The number of rotatable bonds is 5. The summed E-state index contributed by atoms with van der Waals surface area (Å²) >= 11 is 0. The van der Waals surface area contributed by atoms with Crippen molar-refractivity contribution in [1.29, 1.82) is 0 Å². The van der Waals surface area contributed by atoms with Gasteiger partial charge in [-0.25, -0.2) is 4.98 Å². The molecule has 1 fully saturated rings. The third-order valence-corrected chi connectivity index (χ3v) is 6.46. The molecule has 160 valence electrons. The van der Waals surface area contributed by atoms with Crippen molar-refractivity contribution in [2.24, 2.45) is 11.3 Å². The van der Waals surface area contributed by atoms with Crippen molar-refractivity contribution in [3.63, 3.8) is 0 Å². The molecule has 2 atom stereocenters. The molecule has 4 rings (SSSR count). The van der Waals surface area contributed by atoms with Gasteiger partial charge in [-0.1, -0.05) is 46.8 Å². The lowest BCUT2D eigenvalue weighted by Gasteiger charge is -2.40. The summed E-state index contributed by atoms with van der Waals surface area (Å²) in [4.78, 5) is 4.99. The lowest BCUT2D eigenvalue weighted by Crippen LogP contribution is -2.29. The second-order valence-corrected chi connectivity index (χ2v) is 10.1. The quantitative estimate of drug-likeness (QED) is 0.484. The topological polar surface area (TPSA) is 39.1 Å². The van der Waals surface area contributed by atoms with Gasteiger partial charge in [-0.15, -0.1) is 0 Å². The molecule has 0 unspecified atom stereocenters. The maximum absolute atomic E-state index is 5.53. The molecule has 0 bridgehead atoms. The maximum Gasteiger partial charge on any atom is 0.208 e. The van der Waals surface area contributed by atoms with E-state index in [1.165, 1.54) is 18.4 Å². The SMILES string of the molecule is COc1ccc2nc(Nc3ccc(C(C)C)cc3)n([C@@H]3C[C@H](C)CC(C)(C)C3)c2c1. The highest BCUT2D eigenvalue weighted by molar-refractivity contribution is 5.81. The lowest BCUT2D eigenvalue weighted by molar-refractivity contribution is 0.140. The van der Waals surface area contributed by atoms with Crippen molar-refractivity contribution >= 4 is 22.7 Å². The average molecular weight is 406 g/mol. The molecular formula is C26H35N3O. The summed E-state index contributed by atoms with van der Waals surface area (Å²) < 4.78 is 7.95. The van der Waals surface area contributed by atoms with Crippen LogP contribution in [0.25, 0.3) is 11.0 Å². The summed E-state index contributed by atoms with van der Waals surface area (Å²) in [7, 11) is 1.73. The van der Waals surface area contributed by atoms with E-state index in [0.29, 0.717) is 23.3 Å². The molecule has 30 heavy (non-hydrogen) atoms. The number of anilines is 2. The maximum atomic E-state index is 5.53. The molecule has 0 saturated heterocycles. The first-order chi connectivity index (χ1) is 14.3. The molecule has 1 aromatic heterocycles. The standard InChI is InChI=1S/C26H35N3O/c1-17(2)19-7-9-20(10-8-19)27-25-28-23-12-11-22(30-6)14-24(23)29(25)21-13-18(3)15-26(4,5)16-21/h7-12,14,17-18,21H,13,15-16H2,1-6H3,(H,27,28)/t18-,21+/m0/s1. The van der Waals surface area contributed by atoms with Crippen LogP contribution in [0.3, 0.4) is 0 Å². The summed E-state index contributed by atoms with van der Waals surface area (Å²) in [6.07, 6.45) is 3.60. The van der Waals surface area contributed by atoms with Crippen molar-refractivity contribution in [2.75, 3.05) is 12.4 Å². The monoisotopic (exact) mass is 405 g/mol. The molecule has 1 saturated carbocycles. The Morgan fingerprint density at radius 3 is 2.47 bits per heavy atom. The van der Waals surface area contributed by atoms with E-state index in [0.717, 1.165) is 34.8 Å². The van der Waals surface area contributed by atoms with Gasteiger partial charge in [0.2, 0.25) is 5.95 Å². The predicted molar refractivity (Wildman–Crippen MR) is 126 cm³/mol. The van der Waals surface area contributed by atoms with Crippen molar-refractivity contribution in [2.45, 2.75) is 65.8 Å². The van der Waals surface area contributed by atoms with Crippen molar-refractivity contribution < 1.29 is 4.74 Å². The number of aromatic nitrogens is 2. The van der Waals surface area contributed by atoms with E-state index in [-0.39, 0.29) is 0 Å². The minimum atomic E-state index is 0.327. The number of nitrogens with zero attached hydrogens (tertiary/aromatic N) is 2. The molecule has 1 aliphatic rings. The molecule has 0 aliphatic heterocycles. The highest BCUT2D eigenvalue weighted by Gasteiger charge is 2.34. The van der Waals surface area contributed by atoms with Crippen LogP contribution in [0, 0.1) is 11.3 Å². The Bertz CT molecular complexity index is 1020. The number of ether oxygens (including phenoxy) is 1. The minimum Gasteiger partial charge on any atom is -0.497 e. The molecule has 1 aliphatic carbocycles. The molecule has 0 radical (unpaired) electrons. The third-order valence-electron chi connectivity index (χ3n) is 6.46. The highest BCUT2D eigenvalue weighted by Crippen LogP contribution is 2.46. The fraction of sp³-hybridized carbons (Fsp3) is 0.500. The molecule has 1 heterocycles. The lowest BCUT2D eigenvalue weighted by atomic mass is 9.70. The number of fused-ring (bicyclic) bond motifs is 1. The smallest absolute Gasteiger partial charge is 0.208 e. The van der Waals surface area contributed by atoms with Gasteiger partial charge in [-0.2, -0.15) is 0 Å². The zero-order chi connectivity index (χ0) is 21.5. The Kier molecular flexibility index (Phi) is 5.52. The first-order valence-corrected chi connectivity index (χ1v) is 11.2. The largest absolute Gasteiger partial charge is 0.497 e. The van der Waals surface area contributed by atoms with Crippen LogP contribution in [0.5, 0.6) is 5.75 Å². The Morgan fingerprint density at radius 1 is 1.10 bits per heavy atom. The normalized spacial score (nSPS) is 21.2. The number of hydrogen-bond donors (Lipinski definition) is 1. The Morgan fingerprint density at radius 2 is 1.83 bits per heavy atom. The number of hydrogen-bond acceptors (Lipinski definition) is 3. The van der Waals surface area contributed by atoms with E-state index in [1.54, 1.807) is 7.11 Å². The van der Waals surface area contributed by atoms with Crippen LogP contribution >= 0.6 is 0 Å². The molecule has 3 aromatic rings. The molecule has 4 nitrogen and oxygen atoms in total. The van der Waals surface area contributed by atoms with E-state index in [4.69, 9.17) is 9.72 Å². The van der Waals surface area contributed by atoms with Gasteiger partial charge >= 0.3 is 0 Å². The number of imidazole rings is 1. The van der Waals surface area contributed by atoms with E-state index >= 15 is 0 Å². The van der Waals surface area contributed by atoms with E-state index in [1.807, 2.05) is 6.07 Å². The second-order valence-electron chi connectivity index (χ2n) is 10.1. The van der Waals surface area contributed by atoms with Crippen molar-refractivity contribution in [3.8, 4) is 5.75 Å². The predicted octanol–water partition coefficient (Wildman–Crippen LogP) is 7.30. The van der Waals surface area contributed by atoms with Gasteiger partial charge in [0.25, 0.3) is 0 Å². The van der Waals surface area contributed by atoms with E-state index < -0.39 is 0 Å². The summed E-state index contributed by atoms with van der Waals surface area (Å²) in [5.41, 5.74) is 4.90. The summed E-state index contributed by atoms with van der Waals surface area (Å²) in [6, 6.07) is 15.3. The van der Waals surface area contributed by atoms with Crippen LogP contribution in [0.1, 0.15) is 71.4 Å². The van der Waals surface area contributed by atoms with Crippen LogP contribution < -0.4 is 10.1 Å². The zero-order valence-electron chi connectivity index (χ0n) is 19.2. The van der Waals surface area contributed by atoms with Gasteiger partial charge in [-0.05, 0) is 66.3 Å². The first kappa shape index (κ1) is 20.8. The molecular weight excluding hydrogens is 370 g/mol. The molecule has 2 aromatic carbocycles. The molecule has 0 spiro atoms. The average Bonchev–Trinajstić information content (AvgIpc) is 3.03. The molecule has 0 amide bonds. The Hall–Kier alpha value is -2.49. The molecule has 1 N–H and O–H groups in total. The summed E-state index contributed by atoms with van der Waals surface area (Å²) in [6.45, 7) is 11.6. The van der Waals surface area contributed by atoms with Gasteiger partial charge in [0.1, 0.15) is 5.75 Å². The van der Waals surface area contributed by atoms with Crippen LogP contribution in [0.2, 0.25) is 0 Å². The number of methoxy groups -OCH3 is 1. The van der Waals surface area contributed by atoms with Crippen LogP contribution in [-0.2, 0) is 0 Å². The number of benzene rings is 2. The van der Waals surface area contributed by atoms with Gasteiger partial charge < -0.3 is 14.6 Å². The summed E-state index contributed by atoms with van der Waals surface area (Å²) in [5, 5.41) is 3.62. The van der Waals surface area contributed by atoms with Crippen LogP contribution in [0.4, 0.5) is 11.6 Å². The third kappa shape index (κ3) is 4.19. The molecule has 4 heteroatoms. The van der Waals surface area contributed by atoms with Crippen LogP contribution in [0.15, 0.2) is 42.5 Å². The number of nitrogens with one attached hydrogen (secondary N) is 1. The zero-order valence-corrected chi connectivity index (χ0v) is 19.2. The Balaban J connectivity index is 1.77. The van der Waals surface area contributed by atoms with E-state index in [9.17, 15) is 0 Å². The van der Waals surface area contributed by atoms with Gasteiger partial charge in [0, 0.05) is 17.8 Å². The van der Waals surface area contributed by atoms with E-state index in [2.05, 4.69) is 80.9 Å². The van der Waals surface area contributed by atoms with Gasteiger partial charge in [0.05, 0.1) is 18.1 Å². The fourth-order valence-corrected chi connectivity index (χ4v) is 5.23. The summed E-state index contributed by atoms with van der Waals surface area (Å²) in [5.74, 6) is 3.02. The van der Waals surface area contributed by atoms with Gasteiger partial charge in [-0.3, -0.25) is 0 Å². The minimum absolute atomic E-state index is 0.327.